The summed E-state index contributed by atoms with van der Waals surface area (Å²) in [4.78, 5) is 16.3. The highest BCUT2D eigenvalue weighted by molar-refractivity contribution is 7.99. The summed E-state index contributed by atoms with van der Waals surface area (Å²) in [6.45, 7) is 3.96. The minimum atomic E-state index is 0.00440. The minimum Gasteiger partial charge on any atom is -0.349 e. The first-order chi connectivity index (χ1) is 10.2. The lowest BCUT2D eigenvalue weighted by Gasteiger charge is -2.18. The number of H-pyrrole nitrogens is 1. The molecule has 6 heteroatoms. The normalized spacial score (nSPS) is 12.1. The largest absolute Gasteiger partial charge is 0.349 e. The van der Waals surface area contributed by atoms with Gasteiger partial charge in [-0.3, -0.25) is 9.89 Å². The fourth-order valence-electron chi connectivity index (χ4n) is 2.05. The fraction of sp³-hybridized carbons (Fsp3) is 0.400. The quantitative estimate of drug-likeness (QED) is 0.772. The van der Waals surface area contributed by atoms with E-state index in [4.69, 9.17) is 0 Å². The van der Waals surface area contributed by atoms with E-state index < -0.39 is 0 Å². The zero-order valence-corrected chi connectivity index (χ0v) is 13.1. The highest BCUT2D eigenvalue weighted by atomic mass is 32.2. The second-order valence-electron chi connectivity index (χ2n) is 4.81. The molecule has 1 heterocycles. The Morgan fingerprint density at radius 2 is 2.14 bits per heavy atom. The standard InChI is InChI=1S/C15H20N4OS/c1-3-7-13(12-8-5-4-6-9-12)17-14(20)10-21-15-16-11(2)18-19-15/h4-6,8-9,13H,3,7,10H2,1-2H3,(H,17,20)(H,16,18,19). The lowest BCUT2D eigenvalue weighted by atomic mass is 10.0. The number of aromatic amines is 1. The number of benzene rings is 1. The number of aromatic nitrogens is 3. The van der Waals surface area contributed by atoms with Gasteiger partial charge in [-0.2, -0.15) is 0 Å². The van der Waals surface area contributed by atoms with Gasteiger partial charge in [-0.1, -0.05) is 55.4 Å². The van der Waals surface area contributed by atoms with Crippen LogP contribution in [-0.4, -0.2) is 26.8 Å². The molecule has 2 rings (SSSR count). The number of nitrogens with one attached hydrogen (secondary N) is 2. The average Bonchev–Trinajstić information content (AvgIpc) is 2.91. The van der Waals surface area contributed by atoms with E-state index in [0.717, 1.165) is 24.2 Å². The van der Waals surface area contributed by atoms with Crippen molar-refractivity contribution < 1.29 is 4.79 Å². The zero-order valence-electron chi connectivity index (χ0n) is 12.3. The van der Waals surface area contributed by atoms with Crippen molar-refractivity contribution in [2.45, 2.75) is 37.9 Å². The van der Waals surface area contributed by atoms with Crippen molar-refractivity contribution in [3.8, 4) is 0 Å². The third-order valence-electron chi connectivity index (χ3n) is 3.02. The monoisotopic (exact) mass is 304 g/mol. The van der Waals surface area contributed by atoms with Crippen LogP contribution in [0.2, 0.25) is 0 Å². The third kappa shape index (κ3) is 4.90. The Labute approximate surface area is 128 Å². The van der Waals surface area contributed by atoms with Gasteiger partial charge in [-0.05, 0) is 18.9 Å². The Balaban J connectivity index is 1.89. The zero-order chi connectivity index (χ0) is 15.1. The van der Waals surface area contributed by atoms with E-state index >= 15 is 0 Å². The summed E-state index contributed by atoms with van der Waals surface area (Å²) in [6, 6.07) is 10.1. The third-order valence-corrected chi connectivity index (χ3v) is 3.87. The van der Waals surface area contributed by atoms with Gasteiger partial charge in [0, 0.05) is 0 Å². The molecule has 0 aliphatic heterocycles. The summed E-state index contributed by atoms with van der Waals surface area (Å²) < 4.78 is 0. The van der Waals surface area contributed by atoms with Crippen molar-refractivity contribution in [1.29, 1.82) is 0 Å². The van der Waals surface area contributed by atoms with Crippen molar-refractivity contribution in [3.05, 3.63) is 41.7 Å². The van der Waals surface area contributed by atoms with Gasteiger partial charge in [0.2, 0.25) is 11.1 Å². The van der Waals surface area contributed by atoms with Gasteiger partial charge >= 0.3 is 0 Å². The summed E-state index contributed by atoms with van der Waals surface area (Å²) in [5, 5.41) is 10.5. The molecule has 2 N–H and O–H groups in total. The van der Waals surface area contributed by atoms with Crippen LogP contribution < -0.4 is 5.32 Å². The van der Waals surface area contributed by atoms with Gasteiger partial charge < -0.3 is 5.32 Å². The first kappa shape index (κ1) is 15.6. The van der Waals surface area contributed by atoms with Crippen molar-refractivity contribution in [3.63, 3.8) is 0 Å². The van der Waals surface area contributed by atoms with E-state index in [1.54, 1.807) is 0 Å². The molecule has 1 atom stereocenters. The molecule has 0 saturated carbocycles. The van der Waals surface area contributed by atoms with Gasteiger partial charge in [0.15, 0.2) is 0 Å². The van der Waals surface area contributed by atoms with Crippen molar-refractivity contribution >= 4 is 17.7 Å². The van der Waals surface area contributed by atoms with Gasteiger partial charge in [-0.25, -0.2) is 4.98 Å². The van der Waals surface area contributed by atoms with E-state index in [1.165, 1.54) is 11.8 Å². The van der Waals surface area contributed by atoms with E-state index in [2.05, 4.69) is 27.4 Å². The molecule has 0 bridgehead atoms. The number of carbonyl (C=O) groups excluding carboxylic acids is 1. The molecule has 1 unspecified atom stereocenters. The molecule has 0 fully saturated rings. The molecule has 5 nitrogen and oxygen atoms in total. The Bertz CT molecular complexity index is 570. The van der Waals surface area contributed by atoms with Crippen LogP contribution in [0.3, 0.4) is 0 Å². The maximum atomic E-state index is 12.1. The molecular formula is C15H20N4OS. The summed E-state index contributed by atoms with van der Waals surface area (Å²) in [6.07, 6.45) is 1.95. The summed E-state index contributed by atoms with van der Waals surface area (Å²) in [5.41, 5.74) is 1.14. The van der Waals surface area contributed by atoms with Crippen LogP contribution in [0.25, 0.3) is 0 Å². The highest BCUT2D eigenvalue weighted by Gasteiger charge is 2.14. The Kier molecular flexibility index (Phi) is 5.80. The molecule has 2 aromatic rings. The van der Waals surface area contributed by atoms with Crippen molar-refractivity contribution in [1.82, 2.24) is 20.5 Å². The second kappa shape index (κ2) is 7.83. The number of carbonyl (C=O) groups is 1. The molecule has 1 amide bonds. The molecule has 0 spiro atoms. The smallest absolute Gasteiger partial charge is 0.230 e. The second-order valence-corrected chi connectivity index (χ2v) is 5.75. The van der Waals surface area contributed by atoms with Crippen LogP contribution in [0.5, 0.6) is 0 Å². The van der Waals surface area contributed by atoms with E-state index in [1.807, 2.05) is 37.3 Å². The van der Waals surface area contributed by atoms with Gasteiger partial charge in [-0.15, -0.1) is 5.10 Å². The molecule has 1 aromatic carbocycles. The minimum absolute atomic E-state index is 0.00440. The van der Waals surface area contributed by atoms with Crippen LogP contribution in [0, 0.1) is 6.92 Å². The molecule has 0 radical (unpaired) electrons. The Morgan fingerprint density at radius 3 is 2.76 bits per heavy atom. The summed E-state index contributed by atoms with van der Waals surface area (Å²) in [5.74, 6) is 1.08. The molecule has 112 valence electrons. The number of thioether (sulfide) groups is 1. The van der Waals surface area contributed by atoms with Gasteiger partial charge in [0.05, 0.1) is 11.8 Å². The Hall–Kier alpha value is -1.82. The first-order valence-electron chi connectivity index (χ1n) is 7.05. The topological polar surface area (TPSA) is 70.7 Å². The number of amides is 1. The lowest BCUT2D eigenvalue weighted by Crippen LogP contribution is -2.29. The molecule has 0 aliphatic carbocycles. The van der Waals surface area contributed by atoms with Crippen LogP contribution in [0.15, 0.2) is 35.5 Å². The number of nitrogens with zero attached hydrogens (tertiary/aromatic N) is 2. The van der Waals surface area contributed by atoms with Crippen LogP contribution in [0.4, 0.5) is 0 Å². The molecular weight excluding hydrogens is 284 g/mol. The maximum Gasteiger partial charge on any atom is 0.230 e. The van der Waals surface area contributed by atoms with Gasteiger partial charge in [0.1, 0.15) is 5.82 Å². The van der Waals surface area contributed by atoms with Crippen molar-refractivity contribution in [2.75, 3.05) is 5.75 Å². The van der Waals surface area contributed by atoms with Crippen LogP contribution >= 0.6 is 11.8 Å². The Morgan fingerprint density at radius 1 is 1.38 bits per heavy atom. The number of aryl methyl sites for hydroxylation is 1. The van der Waals surface area contributed by atoms with Gasteiger partial charge in [0.25, 0.3) is 0 Å². The highest BCUT2D eigenvalue weighted by Crippen LogP contribution is 2.19. The number of hydrogen-bond donors (Lipinski definition) is 2. The van der Waals surface area contributed by atoms with E-state index in [0.29, 0.717) is 10.9 Å². The summed E-state index contributed by atoms with van der Waals surface area (Å²) >= 11 is 1.34. The van der Waals surface area contributed by atoms with E-state index in [9.17, 15) is 4.79 Å². The molecule has 1 aromatic heterocycles. The van der Waals surface area contributed by atoms with Crippen LogP contribution in [-0.2, 0) is 4.79 Å². The fourth-order valence-corrected chi connectivity index (χ4v) is 2.70. The maximum absolute atomic E-state index is 12.1. The average molecular weight is 304 g/mol. The predicted octanol–water partition coefficient (Wildman–Crippen LogP) is 2.86. The molecule has 21 heavy (non-hydrogen) atoms. The predicted molar refractivity (Wildman–Crippen MR) is 84.1 cm³/mol. The molecule has 0 aliphatic rings. The first-order valence-corrected chi connectivity index (χ1v) is 8.03. The number of hydrogen-bond acceptors (Lipinski definition) is 4. The van der Waals surface area contributed by atoms with Crippen LogP contribution in [0.1, 0.15) is 37.2 Å². The molecule has 0 saturated heterocycles. The number of rotatable bonds is 7. The van der Waals surface area contributed by atoms with E-state index in [-0.39, 0.29) is 11.9 Å². The summed E-state index contributed by atoms with van der Waals surface area (Å²) in [7, 11) is 0. The lowest BCUT2D eigenvalue weighted by molar-refractivity contribution is -0.119. The SMILES string of the molecule is CCCC(NC(=O)CSc1n[nH]c(C)n1)c1ccccc1. The van der Waals surface area contributed by atoms with Crippen molar-refractivity contribution in [2.24, 2.45) is 0 Å².